The SMILES string of the molecule is Cc1cc(C)n([C@@H](C)C(=O)N(C)[C@H](C)C2(C)CC2)n1. The molecule has 0 saturated heterocycles. The molecule has 4 nitrogen and oxygen atoms in total. The minimum absolute atomic E-state index is 0.145. The van der Waals surface area contributed by atoms with Crippen LogP contribution in [0.25, 0.3) is 0 Å². The molecule has 1 aliphatic carbocycles. The predicted octanol–water partition coefficient (Wildman–Crippen LogP) is 2.71. The van der Waals surface area contributed by atoms with Crippen LogP contribution in [-0.4, -0.2) is 33.7 Å². The molecule has 1 aliphatic rings. The maximum atomic E-state index is 12.6. The highest BCUT2D eigenvalue weighted by atomic mass is 16.2. The van der Waals surface area contributed by atoms with Gasteiger partial charge in [-0.2, -0.15) is 5.10 Å². The smallest absolute Gasteiger partial charge is 0.247 e. The van der Waals surface area contributed by atoms with E-state index in [0.717, 1.165) is 11.4 Å². The fraction of sp³-hybridized carbons (Fsp3) is 0.733. The third-order valence-corrected chi connectivity index (χ3v) is 4.74. The lowest BCUT2D eigenvalue weighted by Gasteiger charge is -2.32. The van der Waals surface area contributed by atoms with Crippen molar-refractivity contribution in [1.82, 2.24) is 14.7 Å². The zero-order valence-electron chi connectivity index (χ0n) is 12.9. The summed E-state index contributed by atoms with van der Waals surface area (Å²) in [6.07, 6.45) is 2.44. The number of hydrogen-bond acceptors (Lipinski definition) is 2. The van der Waals surface area contributed by atoms with Gasteiger partial charge in [0.15, 0.2) is 0 Å². The van der Waals surface area contributed by atoms with E-state index in [-0.39, 0.29) is 11.9 Å². The van der Waals surface area contributed by atoms with E-state index in [1.807, 2.05) is 43.5 Å². The molecule has 0 N–H and O–H groups in total. The van der Waals surface area contributed by atoms with Gasteiger partial charge in [0.25, 0.3) is 0 Å². The molecule has 1 amide bonds. The van der Waals surface area contributed by atoms with Gasteiger partial charge in [-0.25, -0.2) is 0 Å². The van der Waals surface area contributed by atoms with Gasteiger partial charge < -0.3 is 4.90 Å². The van der Waals surface area contributed by atoms with E-state index in [1.54, 1.807) is 0 Å². The molecule has 106 valence electrons. The second kappa shape index (κ2) is 4.66. The van der Waals surface area contributed by atoms with Crippen LogP contribution in [0.4, 0.5) is 0 Å². The molecule has 0 bridgehead atoms. The van der Waals surface area contributed by atoms with Gasteiger partial charge in [-0.3, -0.25) is 9.48 Å². The lowest BCUT2D eigenvalue weighted by molar-refractivity contribution is -0.136. The Balaban J connectivity index is 2.12. The lowest BCUT2D eigenvalue weighted by atomic mass is 9.99. The Labute approximate surface area is 115 Å². The van der Waals surface area contributed by atoms with Crippen molar-refractivity contribution in [2.45, 2.75) is 59.5 Å². The van der Waals surface area contributed by atoms with Crippen LogP contribution in [0.3, 0.4) is 0 Å². The van der Waals surface area contributed by atoms with Crippen LogP contribution in [0, 0.1) is 19.3 Å². The Morgan fingerprint density at radius 3 is 2.42 bits per heavy atom. The number of carbonyl (C=O) groups excluding carboxylic acids is 1. The number of aromatic nitrogens is 2. The molecule has 1 fully saturated rings. The standard InChI is InChI=1S/C15H25N3O/c1-10-9-11(2)18(16-10)12(3)14(19)17(6)13(4)15(5)7-8-15/h9,12-13H,7-8H2,1-6H3/t12-,13+/m0/s1. The zero-order valence-corrected chi connectivity index (χ0v) is 12.9. The van der Waals surface area contributed by atoms with Crippen LogP contribution in [0.15, 0.2) is 6.07 Å². The summed E-state index contributed by atoms with van der Waals surface area (Å²) in [6, 6.07) is 2.07. The zero-order chi connectivity index (χ0) is 14.4. The van der Waals surface area contributed by atoms with E-state index in [9.17, 15) is 4.79 Å². The van der Waals surface area contributed by atoms with Crippen molar-refractivity contribution in [2.24, 2.45) is 5.41 Å². The van der Waals surface area contributed by atoms with Crippen LogP contribution in [0.2, 0.25) is 0 Å². The number of rotatable bonds is 4. The molecule has 1 aromatic heterocycles. The summed E-state index contributed by atoms with van der Waals surface area (Å²) in [7, 11) is 1.92. The lowest BCUT2D eigenvalue weighted by Crippen LogP contribution is -2.43. The van der Waals surface area contributed by atoms with E-state index < -0.39 is 0 Å². The van der Waals surface area contributed by atoms with Gasteiger partial charge in [0.1, 0.15) is 6.04 Å². The van der Waals surface area contributed by atoms with Crippen LogP contribution in [0.1, 0.15) is 51.0 Å². The molecular formula is C15H25N3O. The summed E-state index contributed by atoms with van der Waals surface area (Å²) < 4.78 is 1.83. The number of nitrogens with zero attached hydrogens (tertiary/aromatic N) is 3. The van der Waals surface area contributed by atoms with Crippen molar-refractivity contribution in [3.63, 3.8) is 0 Å². The monoisotopic (exact) mass is 263 g/mol. The molecule has 2 atom stereocenters. The van der Waals surface area contributed by atoms with Gasteiger partial charge in [-0.05, 0) is 52.0 Å². The predicted molar refractivity (Wildman–Crippen MR) is 76.0 cm³/mol. The Morgan fingerprint density at radius 1 is 1.42 bits per heavy atom. The first-order chi connectivity index (χ1) is 8.76. The second-order valence-electron chi connectivity index (χ2n) is 6.33. The molecule has 1 saturated carbocycles. The molecule has 19 heavy (non-hydrogen) atoms. The van der Waals surface area contributed by atoms with Crippen molar-refractivity contribution < 1.29 is 4.79 Å². The maximum absolute atomic E-state index is 12.6. The molecule has 0 aromatic carbocycles. The topological polar surface area (TPSA) is 38.1 Å². The van der Waals surface area contributed by atoms with E-state index in [4.69, 9.17) is 0 Å². The van der Waals surface area contributed by atoms with Crippen LogP contribution in [0.5, 0.6) is 0 Å². The van der Waals surface area contributed by atoms with Gasteiger partial charge in [-0.1, -0.05) is 6.92 Å². The van der Waals surface area contributed by atoms with Crippen LogP contribution in [-0.2, 0) is 4.79 Å². The average Bonchev–Trinajstić information content (AvgIpc) is 3.02. The molecule has 1 aromatic rings. The second-order valence-corrected chi connectivity index (χ2v) is 6.33. The van der Waals surface area contributed by atoms with E-state index >= 15 is 0 Å². The molecule has 4 heteroatoms. The van der Waals surface area contributed by atoms with Gasteiger partial charge in [0, 0.05) is 18.8 Å². The van der Waals surface area contributed by atoms with E-state index in [2.05, 4.69) is 18.9 Å². The molecule has 0 aliphatic heterocycles. The highest BCUT2D eigenvalue weighted by Crippen LogP contribution is 2.49. The normalized spacial score (nSPS) is 19.9. The van der Waals surface area contributed by atoms with Gasteiger partial charge in [0.2, 0.25) is 5.91 Å². The molecule has 2 rings (SSSR count). The molecule has 1 heterocycles. The van der Waals surface area contributed by atoms with E-state index in [0.29, 0.717) is 11.5 Å². The summed E-state index contributed by atoms with van der Waals surface area (Å²) in [4.78, 5) is 14.5. The molecule has 0 radical (unpaired) electrons. The largest absolute Gasteiger partial charge is 0.341 e. The third kappa shape index (κ3) is 2.53. The first-order valence-corrected chi connectivity index (χ1v) is 7.06. The van der Waals surface area contributed by atoms with Crippen molar-refractivity contribution in [1.29, 1.82) is 0 Å². The quantitative estimate of drug-likeness (QED) is 0.837. The maximum Gasteiger partial charge on any atom is 0.247 e. The number of hydrogen-bond donors (Lipinski definition) is 0. The first-order valence-electron chi connectivity index (χ1n) is 7.06. The summed E-state index contributed by atoms with van der Waals surface area (Å²) in [5.41, 5.74) is 2.32. The van der Waals surface area contributed by atoms with Crippen molar-refractivity contribution in [3.05, 3.63) is 17.5 Å². The van der Waals surface area contributed by atoms with Crippen molar-refractivity contribution in [2.75, 3.05) is 7.05 Å². The Kier molecular flexibility index (Phi) is 3.45. The summed E-state index contributed by atoms with van der Waals surface area (Å²) in [5.74, 6) is 0.145. The number of likely N-dealkylation sites (N-methyl/N-ethyl adjacent to an activating group) is 1. The Morgan fingerprint density at radius 2 is 2.00 bits per heavy atom. The van der Waals surface area contributed by atoms with Crippen LogP contribution >= 0.6 is 0 Å². The molecular weight excluding hydrogens is 238 g/mol. The Hall–Kier alpha value is -1.32. The fourth-order valence-electron chi connectivity index (χ4n) is 2.71. The Bertz CT molecular complexity index is 488. The summed E-state index contributed by atoms with van der Waals surface area (Å²) in [6.45, 7) is 10.3. The van der Waals surface area contributed by atoms with Crippen molar-refractivity contribution >= 4 is 5.91 Å². The number of aryl methyl sites for hydroxylation is 2. The highest BCUT2D eigenvalue weighted by molar-refractivity contribution is 5.80. The summed E-state index contributed by atoms with van der Waals surface area (Å²) >= 11 is 0. The van der Waals surface area contributed by atoms with Crippen molar-refractivity contribution in [3.8, 4) is 0 Å². The fourth-order valence-corrected chi connectivity index (χ4v) is 2.71. The molecule has 0 unspecified atom stereocenters. The third-order valence-electron chi connectivity index (χ3n) is 4.74. The van der Waals surface area contributed by atoms with Gasteiger partial charge in [-0.15, -0.1) is 0 Å². The minimum Gasteiger partial charge on any atom is -0.341 e. The average molecular weight is 263 g/mol. The highest BCUT2D eigenvalue weighted by Gasteiger charge is 2.45. The van der Waals surface area contributed by atoms with Gasteiger partial charge in [0.05, 0.1) is 5.69 Å². The van der Waals surface area contributed by atoms with Gasteiger partial charge >= 0.3 is 0 Å². The minimum atomic E-state index is -0.233. The number of amides is 1. The van der Waals surface area contributed by atoms with E-state index in [1.165, 1.54) is 12.8 Å². The number of carbonyl (C=O) groups is 1. The molecule has 0 spiro atoms. The first kappa shape index (κ1) is 14.1. The van der Waals surface area contributed by atoms with Crippen LogP contribution < -0.4 is 0 Å². The summed E-state index contributed by atoms with van der Waals surface area (Å²) in [5, 5.41) is 4.42.